The molecule has 0 unspecified atom stereocenters. The van der Waals surface area contributed by atoms with Crippen LogP contribution >= 0.6 is 0 Å². The van der Waals surface area contributed by atoms with Crippen LogP contribution in [0.15, 0.2) is 224 Å². The van der Waals surface area contributed by atoms with Crippen molar-refractivity contribution in [2.45, 2.75) is 5.41 Å². The highest BCUT2D eigenvalue weighted by molar-refractivity contribution is 6.08. The molecule has 0 heterocycles. The summed E-state index contributed by atoms with van der Waals surface area (Å²) >= 11 is 0. The van der Waals surface area contributed by atoms with E-state index in [1.54, 1.807) is 0 Å². The van der Waals surface area contributed by atoms with Gasteiger partial charge in [-0.3, -0.25) is 0 Å². The number of benzene rings is 10. The van der Waals surface area contributed by atoms with Gasteiger partial charge in [0, 0.05) is 16.6 Å². The Labute approximate surface area is 327 Å². The van der Waals surface area contributed by atoms with Crippen molar-refractivity contribution in [3.8, 4) is 22.3 Å². The zero-order chi connectivity index (χ0) is 37.1. The molecule has 0 aliphatic heterocycles. The normalized spacial score (nSPS) is 12.8. The first kappa shape index (κ1) is 32.2. The van der Waals surface area contributed by atoms with E-state index in [0.29, 0.717) is 0 Å². The Bertz CT molecular complexity index is 3030. The molecule has 10 aromatic rings. The number of rotatable bonds is 6. The molecule has 0 radical (unpaired) electrons. The predicted molar refractivity (Wildman–Crippen MR) is 236 cm³/mol. The van der Waals surface area contributed by atoms with Crippen molar-refractivity contribution < 1.29 is 0 Å². The van der Waals surface area contributed by atoms with Gasteiger partial charge in [-0.1, -0.05) is 194 Å². The minimum atomic E-state index is -0.486. The molecule has 0 fully saturated rings. The van der Waals surface area contributed by atoms with E-state index in [9.17, 15) is 0 Å². The molecule has 1 nitrogen and oxygen atoms in total. The average molecular weight is 712 g/mol. The third-order valence-corrected chi connectivity index (χ3v) is 11.9. The molecule has 0 amide bonds. The van der Waals surface area contributed by atoms with Gasteiger partial charge in [0.1, 0.15) is 0 Å². The van der Waals surface area contributed by atoms with Gasteiger partial charge in [-0.05, 0) is 96.2 Å². The van der Waals surface area contributed by atoms with Crippen molar-refractivity contribution in [3.05, 3.63) is 247 Å². The molecule has 0 bridgehead atoms. The van der Waals surface area contributed by atoms with Crippen molar-refractivity contribution in [3.63, 3.8) is 0 Å². The van der Waals surface area contributed by atoms with Gasteiger partial charge in [0.25, 0.3) is 0 Å². The van der Waals surface area contributed by atoms with Crippen LogP contribution in [0.2, 0.25) is 0 Å². The van der Waals surface area contributed by atoms with Crippen LogP contribution in [0.5, 0.6) is 0 Å². The first-order valence-corrected chi connectivity index (χ1v) is 19.4. The molecule has 0 N–H and O–H groups in total. The van der Waals surface area contributed by atoms with Gasteiger partial charge in [-0.2, -0.15) is 0 Å². The molecule has 56 heavy (non-hydrogen) atoms. The Morgan fingerprint density at radius 1 is 0.321 bits per heavy atom. The second kappa shape index (κ2) is 13.0. The Hall–Kier alpha value is -7.22. The summed E-state index contributed by atoms with van der Waals surface area (Å²) in [6.07, 6.45) is 0. The van der Waals surface area contributed by atoms with Crippen molar-refractivity contribution in [1.82, 2.24) is 0 Å². The lowest BCUT2D eigenvalue weighted by atomic mass is 9.68. The highest BCUT2D eigenvalue weighted by atomic mass is 15.1. The molecule has 0 spiro atoms. The van der Waals surface area contributed by atoms with Crippen LogP contribution < -0.4 is 4.90 Å². The minimum absolute atomic E-state index is 0.486. The zero-order valence-corrected chi connectivity index (χ0v) is 30.8. The molecule has 1 aliphatic rings. The van der Waals surface area contributed by atoms with Crippen LogP contribution in [-0.4, -0.2) is 0 Å². The molecule has 1 aliphatic carbocycles. The van der Waals surface area contributed by atoms with E-state index in [4.69, 9.17) is 0 Å². The molecule has 262 valence electrons. The molecular weight excluding hydrogens is 675 g/mol. The van der Waals surface area contributed by atoms with Crippen molar-refractivity contribution in [1.29, 1.82) is 0 Å². The van der Waals surface area contributed by atoms with Crippen LogP contribution in [0.4, 0.5) is 17.1 Å². The minimum Gasteiger partial charge on any atom is -0.309 e. The lowest BCUT2D eigenvalue weighted by molar-refractivity contribution is 0.768. The maximum absolute atomic E-state index is 2.49. The van der Waals surface area contributed by atoms with Gasteiger partial charge in [0.05, 0.1) is 16.8 Å². The standard InChI is InChI=1S/C55H37N/c1-3-18-43(19-4-1)55(44-20-5-2-6-21-44)50-25-12-11-24-49(50)54-51(55)26-14-28-53(54)56(52-27-13-17-39-15-8-10-23-48(39)52)45-34-31-38(32-35-45)41-33-36-47-42(37-41)30-29-40-16-7-9-22-46(40)47/h1-37H. The van der Waals surface area contributed by atoms with E-state index >= 15 is 0 Å². The van der Waals surface area contributed by atoms with Crippen LogP contribution in [0.1, 0.15) is 22.3 Å². The number of hydrogen-bond acceptors (Lipinski definition) is 1. The summed E-state index contributed by atoms with van der Waals surface area (Å²) in [6.45, 7) is 0. The van der Waals surface area contributed by atoms with Crippen LogP contribution in [0, 0.1) is 0 Å². The number of fused-ring (bicyclic) bond motifs is 7. The molecule has 0 aromatic heterocycles. The smallest absolute Gasteiger partial charge is 0.0714 e. The van der Waals surface area contributed by atoms with Crippen molar-refractivity contribution >= 4 is 49.4 Å². The van der Waals surface area contributed by atoms with Crippen molar-refractivity contribution in [2.24, 2.45) is 0 Å². The van der Waals surface area contributed by atoms with E-state index in [1.165, 1.54) is 76.8 Å². The molecule has 10 aromatic carbocycles. The highest BCUT2D eigenvalue weighted by Crippen LogP contribution is 2.59. The quantitative estimate of drug-likeness (QED) is 0.155. The van der Waals surface area contributed by atoms with E-state index < -0.39 is 5.41 Å². The number of hydrogen-bond donors (Lipinski definition) is 0. The van der Waals surface area contributed by atoms with E-state index in [-0.39, 0.29) is 0 Å². The molecule has 1 heteroatoms. The molecular formula is C55H37N. The number of nitrogens with zero attached hydrogens (tertiary/aromatic N) is 1. The monoisotopic (exact) mass is 711 g/mol. The third kappa shape index (κ3) is 4.88. The first-order valence-electron chi connectivity index (χ1n) is 19.4. The van der Waals surface area contributed by atoms with Gasteiger partial charge in [0.2, 0.25) is 0 Å². The van der Waals surface area contributed by atoms with Gasteiger partial charge < -0.3 is 4.90 Å². The summed E-state index contributed by atoms with van der Waals surface area (Å²) < 4.78 is 0. The van der Waals surface area contributed by atoms with E-state index in [2.05, 4.69) is 229 Å². The largest absolute Gasteiger partial charge is 0.309 e. The van der Waals surface area contributed by atoms with E-state index in [0.717, 1.165) is 17.1 Å². The summed E-state index contributed by atoms with van der Waals surface area (Å²) in [5.41, 5.74) is 13.0. The van der Waals surface area contributed by atoms with Crippen molar-refractivity contribution in [2.75, 3.05) is 4.90 Å². The Morgan fingerprint density at radius 2 is 0.857 bits per heavy atom. The Kier molecular flexibility index (Phi) is 7.47. The first-order chi connectivity index (χ1) is 27.8. The Morgan fingerprint density at radius 3 is 1.62 bits per heavy atom. The SMILES string of the molecule is c1ccc(C2(c3ccccc3)c3ccccc3-c3c(N(c4ccc(-c5ccc6c(ccc7ccccc76)c5)cc4)c4cccc5ccccc45)cccc32)cc1. The summed E-state index contributed by atoms with van der Waals surface area (Å²) in [5.74, 6) is 0. The predicted octanol–water partition coefficient (Wildman–Crippen LogP) is 14.6. The fraction of sp³-hybridized carbons (Fsp3) is 0.0182. The number of anilines is 3. The summed E-state index contributed by atoms with van der Waals surface area (Å²) in [4.78, 5) is 2.49. The second-order valence-corrected chi connectivity index (χ2v) is 14.8. The maximum Gasteiger partial charge on any atom is 0.0714 e. The van der Waals surface area contributed by atoms with Crippen LogP contribution in [0.3, 0.4) is 0 Å². The Balaban J connectivity index is 1.14. The zero-order valence-electron chi connectivity index (χ0n) is 30.8. The molecule has 11 rings (SSSR count). The lowest BCUT2D eigenvalue weighted by Gasteiger charge is -2.34. The maximum atomic E-state index is 2.49. The van der Waals surface area contributed by atoms with Gasteiger partial charge >= 0.3 is 0 Å². The topological polar surface area (TPSA) is 3.24 Å². The van der Waals surface area contributed by atoms with Gasteiger partial charge in [-0.15, -0.1) is 0 Å². The van der Waals surface area contributed by atoms with Gasteiger partial charge in [0.15, 0.2) is 0 Å². The fourth-order valence-corrected chi connectivity index (χ4v) is 9.47. The van der Waals surface area contributed by atoms with Crippen LogP contribution in [-0.2, 0) is 5.41 Å². The highest BCUT2D eigenvalue weighted by Gasteiger charge is 2.47. The van der Waals surface area contributed by atoms with Crippen LogP contribution in [0.25, 0.3) is 54.6 Å². The lowest BCUT2D eigenvalue weighted by Crippen LogP contribution is -2.28. The molecule has 0 atom stereocenters. The summed E-state index contributed by atoms with van der Waals surface area (Å²) in [5, 5.41) is 7.52. The third-order valence-electron chi connectivity index (χ3n) is 11.9. The van der Waals surface area contributed by atoms with E-state index in [1.807, 2.05) is 0 Å². The molecule has 0 saturated heterocycles. The summed E-state index contributed by atoms with van der Waals surface area (Å²) in [7, 11) is 0. The summed E-state index contributed by atoms with van der Waals surface area (Å²) in [6, 6.07) is 82.6. The second-order valence-electron chi connectivity index (χ2n) is 14.8. The average Bonchev–Trinajstić information content (AvgIpc) is 3.59. The van der Waals surface area contributed by atoms with Gasteiger partial charge in [-0.25, -0.2) is 0 Å². The fourth-order valence-electron chi connectivity index (χ4n) is 9.47. The molecule has 0 saturated carbocycles.